The van der Waals surface area contributed by atoms with E-state index in [9.17, 15) is 17.6 Å². The van der Waals surface area contributed by atoms with Crippen molar-refractivity contribution in [1.29, 1.82) is 0 Å². The molecule has 0 N–H and O–H groups in total. The Bertz CT molecular complexity index is 577. The largest absolute Gasteiger partial charge is 0.302 e. The van der Waals surface area contributed by atoms with Gasteiger partial charge < -0.3 is 4.90 Å². The molecule has 0 aliphatic carbocycles. The average molecular weight is 317 g/mol. The summed E-state index contributed by atoms with van der Waals surface area (Å²) in [6.07, 6.45) is 0.137. The summed E-state index contributed by atoms with van der Waals surface area (Å²) in [5.41, 5.74) is 0. The smallest absolute Gasteiger partial charge is 0.244 e. The first-order valence-electron chi connectivity index (χ1n) is 6.29. The number of rotatable bonds is 5. The number of halogens is 1. The van der Waals surface area contributed by atoms with Crippen molar-refractivity contribution in [2.75, 3.05) is 12.6 Å². The first-order valence-corrected chi connectivity index (χ1v) is 8.88. The number of likely N-dealkylation sites (tertiary alicyclic amines) is 1. The standard InChI is InChI=1S/C13H16FNO3S2/c1-2-19-12-8-11(13(16)15(12)9-14)20(17,18)10-6-4-3-5-7-10/h3-7,11-12H,2,8-9H2,1H3. The second-order valence-electron chi connectivity index (χ2n) is 4.42. The van der Waals surface area contributed by atoms with Crippen LogP contribution in [-0.4, -0.2) is 42.4 Å². The molecule has 0 bridgehead atoms. The molecule has 0 radical (unpaired) electrons. The molecule has 1 saturated heterocycles. The molecule has 1 fully saturated rings. The average Bonchev–Trinajstić information content (AvgIpc) is 2.77. The van der Waals surface area contributed by atoms with Gasteiger partial charge in [-0.15, -0.1) is 11.8 Å². The van der Waals surface area contributed by atoms with E-state index in [4.69, 9.17) is 0 Å². The molecule has 1 aliphatic rings. The van der Waals surface area contributed by atoms with E-state index < -0.39 is 33.2 Å². The van der Waals surface area contributed by atoms with Crippen LogP contribution in [0, 0.1) is 0 Å². The summed E-state index contributed by atoms with van der Waals surface area (Å²) in [4.78, 5) is 13.3. The van der Waals surface area contributed by atoms with E-state index in [1.54, 1.807) is 18.2 Å². The Morgan fingerprint density at radius 1 is 1.35 bits per heavy atom. The highest BCUT2D eigenvalue weighted by atomic mass is 32.2. The summed E-state index contributed by atoms with van der Waals surface area (Å²) >= 11 is 1.39. The van der Waals surface area contributed by atoms with Crippen LogP contribution < -0.4 is 0 Å². The summed E-state index contributed by atoms with van der Waals surface area (Å²) in [5.74, 6) is 0.0642. The summed E-state index contributed by atoms with van der Waals surface area (Å²) < 4.78 is 37.9. The Hall–Kier alpha value is -1.08. The van der Waals surface area contributed by atoms with E-state index in [1.807, 2.05) is 6.92 Å². The minimum absolute atomic E-state index is 0.110. The van der Waals surface area contributed by atoms with Crippen molar-refractivity contribution in [3.05, 3.63) is 30.3 Å². The maximum atomic E-state index is 13.0. The lowest BCUT2D eigenvalue weighted by atomic mass is 10.3. The normalized spacial score (nSPS) is 23.3. The molecule has 0 saturated carbocycles. The van der Waals surface area contributed by atoms with Gasteiger partial charge in [0.2, 0.25) is 5.91 Å². The second-order valence-corrected chi connectivity index (χ2v) is 8.01. The van der Waals surface area contributed by atoms with Gasteiger partial charge in [0.05, 0.1) is 10.3 Å². The Kier molecular flexibility index (Phi) is 4.70. The van der Waals surface area contributed by atoms with E-state index in [0.29, 0.717) is 5.75 Å². The zero-order valence-corrected chi connectivity index (χ0v) is 12.7. The Balaban J connectivity index is 2.32. The number of thioether (sulfide) groups is 1. The van der Waals surface area contributed by atoms with Gasteiger partial charge in [-0.05, 0) is 17.9 Å². The lowest BCUT2D eigenvalue weighted by Gasteiger charge is -2.19. The van der Waals surface area contributed by atoms with Crippen molar-refractivity contribution in [2.24, 2.45) is 0 Å². The summed E-state index contributed by atoms with van der Waals surface area (Å²) in [6, 6.07) is 7.85. The van der Waals surface area contributed by atoms with Crippen LogP contribution in [-0.2, 0) is 14.6 Å². The molecule has 1 amide bonds. The number of nitrogens with zero attached hydrogens (tertiary/aromatic N) is 1. The van der Waals surface area contributed by atoms with Gasteiger partial charge in [0.15, 0.2) is 16.6 Å². The van der Waals surface area contributed by atoms with Gasteiger partial charge in [0.25, 0.3) is 0 Å². The zero-order valence-electron chi connectivity index (χ0n) is 11.0. The highest BCUT2D eigenvalue weighted by Crippen LogP contribution is 2.34. The lowest BCUT2D eigenvalue weighted by Crippen LogP contribution is -2.35. The fourth-order valence-corrected chi connectivity index (χ4v) is 5.14. The number of hydrogen-bond donors (Lipinski definition) is 0. The highest BCUT2D eigenvalue weighted by Gasteiger charge is 2.47. The number of carbonyl (C=O) groups excluding carboxylic acids is 1. The van der Waals surface area contributed by atoms with Crippen LogP contribution in [0.25, 0.3) is 0 Å². The third-order valence-electron chi connectivity index (χ3n) is 3.26. The van der Waals surface area contributed by atoms with Gasteiger partial charge in [0.1, 0.15) is 5.25 Å². The quantitative estimate of drug-likeness (QED) is 0.780. The molecule has 7 heteroatoms. The number of amides is 1. The van der Waals surface area contributed by atoms with E-state index >= 15 is 0 Å². The highest BCUT2D eigenvalue weighted by molar-refractivity contribution is 8.00. The fraction of sp³-hybridized carbons (Fsp3) is 0.462. The van der Waals surface area contributed by atoms with Crippen molar-refractivity contribution in [3.8, 4) is 0 Å². The van der Waals surface area contributed by atoms with Gasteiger partial charge in [-0.2, -0.15) is 0 Å². The molecule has 110 valence electrons. The molecule has 4 nitrogen and oxygen atoms in total. The number of carbonyl (C=O) groups is 1. The van der Waals surface area contributed by atoms with E-state index in [1.165, 1.54) is 23.9 Å². The van der Waals surface area contributed by atoms with Crippen LogP contribution in [0.15, 0.2) is 35.2 Å². The first-order chi connectivity index (χ1) is 9.52. The number of sulfone groups is 1. The molecular formula is C13H16FNO3S2. The molecule has 1 heterocycles. The van der Waals surface area contributed by atoms with Gasteiger partial charge in [-0.1, -0.05) is 25.1 Å². The number of alkyl halides is 1. The van der Waals surface area contributed by atoms with Crippen molar-refractivity contribution in [3.63, 3.8) is 0 Å². The topological polar surface area (TPSA) is 54.5 Å². The maximum Gasteiger partial charge on any atom is 0.244 e. The monoisotopic (exact) mass is 317 g/mol. The number of benzene rings is 1. The van der Waals surface area contributed by atoms with Crippen molar-refractivity contribution in [2.45, 2.75) is 28.9 Å². The molecule has 20 heavy (non-hydrogen) atoms. The Morgan fingerprint density at radius 2 is 2.00 bits per heavy atom. The molecular weight excluding hydrogens is 301 g/mol. The van der Waals surface area contributed by atoms with Crippen LogP contribution in [0.1, 0.15) is 13.3 Å². The van der Waals surface area contributed by atoms with Gasteiger partial charge in [-0.3, -0.25) is 4.79 Å². The summed E-state index contributed by atoms with van der Waals surface area (Å²) in [6.45, 7) is 0.946. The van der Waals surface area contributed by atoms with Gasteiger partial charge in [-0.25, -0.2) is 12.8 Å². The van der Waals surface area contributed by atoms with Crippen LogP contribution in [0.4, 0.5) is 4.39 Å². The lowest BCUT2D eigenvalue weighted by molar-refractivity contribution is -0.129. The van der Waals surface area contributed by atoms with Crippen LogP contribution in [0.3, 0.4) is 0 Å². The van der Waals surface area contributed by atoms with E-state index in [2.05, 4.69) is 0 Å². The van der Waals surface area contributed by atoms with Crippen molar-refractivity contribution in [1.82, 2.24) is 4.90 Å². The number of hydrogen-bond acceptors (Lipinski definition) is 4. The van der Waals surface area contributed by atoms with Crippen molar-refractivity contribution >= 4 is 27.5 Å². The predicted octanol–water partition coefficient (Wildman–Crippen LogP) is 2.07. The van der Waals surface area contributed by atoms with Gasteiger partial charge >= 0.3 is 0 Å². The maximum absolute atomic E-state index is 13.0. The fourth-order valence-electron chi connectivity index (χ4n) is 2.26. The molecule has 2 atom stereocenters. The predicted molar refractivity (Wildman–Crippen MR) is 76.8 cm³/mol. The van der Waals surface area contributed by atoms with E-state index in [-0.39, 0.29) is 11.3 Å². The molecule has 1 aromatic carbocycles. The van der Waals surface area contributed by atoms with Crippen molar-refractivity contribution < 1.29 is 17.6 Å². The third kappa shape index (κ3) is 2.69. The summed E-state index contributed by atoms with van der Waals surface area (Å²) in [5, 5.41) is -1.58. The van der Waals surface area contributed by atoms with Crippen LogP contribution >= 0.6 is 11.8 Å². The van der Waals surface area contributed by atoms with Crippen LogP contribution in [0.2, 0.25) is 0 Å². The molecule has 2 rings (SSSR count). The molecule has 1 aromatic rings. The zero-order chi connectivity index (χ0) is 14.8. The minimum Gasteiger partial charge on any atom is -0.302 e. The molecule has 1 aliphatic heterocycles. The molecule has 0 aromatic heterocycles. The molecule has 2 unspecified atom stereocenters. The summed E-state index contributed by atoms with van der Waals surface area (Å²) in [7, 11) is -3.75. The third-order valence-corrected chi connectivity index (χ3v) is 6.49. The molecule has 0 spiro atoms. The van der Waals surface area contributed by atoms with Gasteiger partial charge in [0, 0.05) is 6.42 Å². The minimum atomic E-state index is -3.75. The second kappa shape index (κ2) is 6.13. The Morgan fingerprint density at radius 3 is 2.55 bits per heavy atom. The first kappa shape index (κ1) is 15.3. The SMILES string of the molecule is CCSC1CC(S(=O)(=O)c2ccccc2)C(=O)N1CF. The Labute approximate surface area is 122 Å². The van der Waals surface area contributed by atoms with Crippen LogP contribution in [0.5, 0.6) is 0 Å². The van der Waals surface area contributed by atoms with E-state index in [0.717, 1.165) is 4.90 Å².